The minimum absolute atomic E-state index is 0.0970. The lowest BCUT2D eigenvalue weighted by Gasteiger charge is -2.04. The summed E-state index contributed by atoms with van der Waals surface area (Å²) in [5, 5.41) is 5.90. The number of aryl methyl sites for hydroxylation is 1. The van der Waals surface area contributed by atoms with Crippen LogP contribution < -0.4 is 5.32 Å². The van der Waals surface area contributed by atoms with Gasteiger partial charge in [-0.1, -0.05) is 24.8 Å². The van der Waals surface area contributed by atoms with Gasteiger partial charge in [-0.25, -0.2) is 0 Å². The second kappa shape index (κ2) is 6.84. The van der Waals surface area contributed by atoms with Crippen LogP contribution in [0, 0.1) is 6.92 Å². The van der Waals surface area contributed by atoms with Gasteiger partial charge in [0, 0.05) is 10.9 Å². The van der Waals surface area contributed by atoms with Crippen LogP contribution in [0.1, 0.15) is 27.9 Å². The van der Waals surface area contributed by atoms with Gasteiger partial charge in [-0.2, -0.15) is 0 Å². The Morgan fingerprint density at radius 2 is 2.17 bits per heavy atom. The third kappa shape index (κ3) is 3.46. The van der Waals surface area contributed by atoms with Crippen LogP contribution in [-0.2, 0) is 0 Å². The van der Waals surface area contributed by atoms with Crippen molar-refractivity contribution in [2.45, 2.75) is 13.8 Å². The highest BCUT2D eigenvalue weighted by Gasteiger charge is 2.08. The van der Waals surface area contributed by atoms with Gasteiger partial charge < -0.3 is 10.3 Å². The number of aromatic amines is 1. The average Bonchev–Trinajstić information content (AvgIpc) is 3.22. The molecule has 2 N–H and O–H groups in total. The molecule has 0 spiro atoms. The van der Waals surface area contributed by atoms with E-state index in [-0.39, 0.29) is 5.91 Å². The van der Waals surface area contributed by atoms with Crippen LogP contribution >= 0.6 is 11.3 Å². The fourth-order valence-corrected chi connectivity index (χ4v) is 3.16. The molecule has 1 aromatic carbocycles. The maximum atomic E-state index is 11.9. The molecule has 2 heterocycles. The summed E-state index contributed by atoms with van der Waals surface area (Å²) >= 11 is 1.41. The van der Waals surface area contributed by atoms with E-state index in [0.29, 0.717) is 17.1 Å². The van der Waals surface area contributed by atoms with Gasteiger partial charge in [0.15, 0.2) is 0 Å². The predicted octanol–water partition coefficient (Wildman–Crippen LogP) is 4.29. The summed E-state index contributed by atoms with van der Waals surface area (Å²) in [6, 6.07) is 11.9. The number of benzene rings is 1. The Morgan fingerprint density at radius 1 is 1.33 bits per heavy atom. The first-order valence-corrected chi connectivity index (χ1v) is 8.56. The molecule has 0 fully saturated rings. The molecule has 3 aromatic rings. The lowest BCUT2D eigenvalue weighted by Crippen LogP contribution is -2.24. The summed E-state index contributed by atoms with van der Waals surface area (Å²) in [6.07, 6.45) is 0. The Morgan fingerprint density at radius 3 is 2.88 bits per heavy atom. The highest BCUT2D eigenvalue weighted by molar-refractivity contribution is 7.12. The Kier molecular flexibility index (Phi) is 4.62. The summed E-state index contributed by atoms with van der Waals surface area (Å²) in [5.41, 5.74) is 4.75. The number of aromatic nitrogens is 1. The predicted molar refractivity (Wildman–Crippen MR) is 101 cm³/mol. The van der Waals surface area contributed by atoms with Crippen molar-refractivity contribution in [1.82, 2.24) is 10.3 Å². The van der Waals surface area contributed by atoms with Gasteiger partial charge in [0.25, 0.3) is 5.91 Å². The van der Waals surface area contributed by atoms with Crippen LogP contribution in [0.25, 0.3) is 10.9 Å². The maximum Gasteiger partial charge on any atom is 0.261 e. The second-order valence-electron chi connectivity index (χ2n) is 5.64. The Balaban J connectivity index is 1.69. The van der Waals surface area contributed by atoms with Crippen LogP contribution in [0.15, 0.2) is 59.0 Å². The highest BCUT2D eigenvalue weighted by atomic mass is 32.1. The SMILES string of the molecule is C=C(CNC(=O)c1cccs1)/N=C(\C)c1cc2c(C)cccc2[nH]1. The fraction of sp³-hybridized carbons (Fsp3) is 0.158. The highest BCUT2D eigenvalue weighted by Crippen LogP contribution is 2.20. The van der Waals surface area contributed by atoms with E-state index in [0.717, 1.165) is 16.9 Å². The summed E-state index contributed by atoms with van der Waals surface area (Å²) in [6.45, 7) is 8.28. The van der Waals surface area contributed by atoms with Gasteiger partial charge in [-0.05, 0) is 43.0 Å². The van der Waals surface area contributed by atoms with Crippen molar-refractivity contribution in [1.29, 1.82) is 0 Å². The monoisotopic (exact) mass is 337 g/mol. The molecule has 2 aromatic heterocycles. The molecule has 0 radical (unpaired) electrons. The van der Waals surface area contributed by atoms with E-state index in [2.05, 4.69) is 47.0 Å². The van der Waals surface area contributed by atoms with Crippen molar-refractivity contribution >= 4 is 33.9 Å². The molecule has 24 heavy (non-hydrogen) atoms. The molecule has 3 rings (SSSR count). The zero-order valence-corrected chi connectivity index (χ0v) is 14.5. The molecule has 0 aliphatic heterocycles. The number of hydrogen-bond donors (Lipinski definition) is 2. The molecule has 122 valence electrons. The Hall–Kier alpha value is -2.66. The van der Waals surface area contributed by atoms with Crippen LogP contribution in [-0.4, -0.2) is 23.1 Å². The molecular formula is C19H19N3OS. The molecule has 0 bridgehead atoms. The van der Waals surface area contributed by atoms with E-state index < -0.39 is 0 Å². The number of carbonyl (C=O) groups excluding carboxylic acids is 1. The molecule has 0 saturated carbocycles. The van der Waals surface area contributed by atoms with Crippen LogP contribution in [0.4, 0.5) is 0 Å². The third-order valence-electron chi connectivity index (χ3n) is 3.80. The number of rotatable bonds is 5. The summed E-state index contributed by atoms with van der Waals surface area (Å²) in [7, 11) is 0. The first-order valence-electron chi connectivity index (χ1n) is 7.68. The van der Waals surface area contributed by atoms with E-state index in [1.54, 1.807) is 6.07 Å². The zero-order valence-electron chi connectivity index (χ0n) is 13.7. The van der Waals surface area contributed by atoms with Crippen molar-refractivity contribution in [2.24, 2.45) is 4.99 Å². The number of fused-ring (bicyclic) bond motifs is 1. The summed E-state index contributed by atoms with van der Waals surface area (Å²) in [5.74, 6) is -0.0970. The number of carbonyl (C=O) groups is 1. The lowest BCUT2D eigenvalue weighted by atomic mass is 10.1. The maximum absolute atomic E-state index is 11.9. The van der Waals surface area contributed by atoms with Gasteiger partial charge in [0.05, 0.1) is 28.5 Å². The van der Waals surface area contributed by atoms with Gasteiger partial charge in [0.2, 0.25) is 0 Å². The van der Waals surface area contributed by atoms with E-state index in [1.807, 2.05) is 24.4 Å². The molecule has 0 saturated heterocycles. The number of nitrogens with one attached hydrogen (secondary N) is 2. The number of thiophene rings is 1. The quantitative estimate of drug-likeness (QED) is 0.670. The second-order valence-corrected chi connectivity index (χ2v) is 6.59. The first kappa shape index (κ1) is 16.2. The molecule has 1 amide bonds. The molecule has 5 heteroatoms. The number of hydrogen-bond acceptors (Lipinski definition) is 3. The first-order chi connectivity index (χ1) is 11.5. The smallest absolute Gasteiger partial charge is 0.261 e. The van der Waals surface area contributed by atoms with Gasteiger partial charge in [-0.3, -0.25) is 9.79 Å². The number of amides is 1. The van der Waals surface area contributed by atoms with Gasteiger partial charge >= 0.3 is 0 Å². The normalized spacial score (nSPS) is 11.7. The third-order valence-corrected chi connectivity index (χ3v) is 4.66. The van der Waals surface area contributed by atoms with Crippen molar-refractivity contribution in [2.75, 3.05) is 6.54 Å². The summed E-state index contributed by atoms with van der Waals surface area (Å²) in [4.78, 5) is 20.5. The lowest BCUT2D eigenvalue weighted by molar-refractivity contribution is 0.0961. The van der Waals surface area contributed by atoms with Crippen LogP contribution in [0.2, 0.25) is 0 Å². The van der Waals surface area contributed by atoms with Crippen LogP contribution in [0.5, 0.6) is 0 Å². The molecular weight excluding hydrogens is 318 g/mol. The average molecular weight is 337 g/mol. The Labute approximate surface area is 144 Å². The summed E-state index contributed by atoms with van der Waals surface area (Å²) < 4.78 is 0. The van der Waals surface area contributed by atoms with E-state index in [1.165, 1.54) is 22.3 Å². The van der Waals surface area contributed by atoms with E-state index >= 15 is 0 Å². The van der Waals surface area contributed by atoms with Crippen molar-refractivity contribution in [3.63, 3.8) is 0 Å². The molecule has 0 atom stereocenters. The van der Waals surface area contributed by atoms with E-state index in [4.69, 9.17) is 0 Å². The van der Waals surface area contributed by atoms with Crippen LogP contribution in [0.3, 0.4) is 0 Å². The topological polar surface area (TPSA) is 57.2 Å². The minimum Gasteiger partial charge on any atom is -0.354 e. The van der Waals surface area contributed by atoms with Gasteiger partial charge in [-0.15, -0.1) is 11.3 Å². The molecule has 0 unspecified atom stereocenters. The number of aliphatic imine (C=N–C) groups is 1. The van der Waals surface area contributed by atoms with E-state index in [9.17, 15) is 4.79 Å². The Bertz CT molecular complexity index is 919. The molecule has 0 aliphatic carbocycles. The standard InChI is InChI=1S/C19H19N3OS/c1-12-6-4-7-16-15(12)10-17(22-16)14(3)21-13(2)11-20-19(23)18-8-5-9-24-18/h4-10,22H,2,11H2,1,3H3,(H,20,23)/b21-14+. The number of H-pyrrole nitrogens is 1. The fourth-order valence-electron chi connectivity index (χ4n) is 2.52. The van der Waals surface area contributed by atoms with Crippen molar-refractivity contribution in [3.05, 3.63) is 70.2 Å². The van der Waals surface area contributed by atoms with Gasteiger partial charge in [0.1, 0.15) is 0 Å². The molecule has 4 nitrogen and oxygen atoms in total. The number of nitrogens with zero attached hydrogens (tertiary/aromatic N) is 1. The minimum atomic E-state index is -0.0970. The largest absolute Gasteiger partial charge is 0.354 e. The molecule has 0 aliphatic rings. The zero-order chi connectivity index (χ0) is 17.1. The van der Waals surface area contributed by atoms with Crippen molar-refractivity contribution < 1.29 is 4.79 Å². The van der Waals surface area contributed by atoms with Crippen molar-refractivity contribution in [3.8, 4) is 0 Å².